The third-order valence-corrected chi connectivity index (χ3v) is 5.61. The second kappa shape index (κ2) is 6.19. The number of fused-ring (bicyclic) bond motifs is 2. The zero-order chi connectivity index (χ0) is 19.4. The number of nitrogens with one attached hydrogen (secondary N) is 1. The van der Waals surface area contributed by atoms with Gasteiger partial charge in [0.1, 0.15) is 17.2 Å². The monoisotopic (exact) mass is 377 g/mol. The molecule has 0 spiro atoms. The molecule has 1 fully saturated rings. The molecule has 0 bridgehead atoms. The second-order valence-corrected chi connectivity index (χ2v) is 7.60. The topological polar surface area (TPSA) is 60.1 Å². The standard InChI is InChI=1S/C22H20FN3O2/c1-12(21-9-15-7-16(23)5-6-20(15)28-21)25-22(27)18-10-17(18)13-3-4-14-11-24-26(2)19(14)8-13/h3-9,11-12,17-18H,10H2,1-2H3,(H,25,27)/t12?,17-,18+/m0/s1. The van der Waals surface area contributed by atoms with Crippen molar-refractivity contribution in [2.45, 2.75) is 25.3 Å². The van der Waals surface area contributed by atoms with Gasteiger partial charge < -0.3 is 9.73 Å². The molecule has 1 N–H and O–H groups in total. The Hall–Kier alpha value is -3.15. The molecule has 2 heterocycles. The highest BCUT2D eigenvalue weighted by Crippen LogP contribution is 2.48. The molecular weight excluding hydrogens is 357 g/mol. The quantitative estimate of drug-likeness (QED) is 0.572. The Balaban J connectivity index is 1.29. The minimum Gasteiger partial charge on any atom is -0.459 e. The van der Waals surface area contributed by atoms with E-state index in [4.69, 9.17) is 4.42 Å². The van der Waals surface area contributed by atoms with Crippen LogP contribution in [0, 0.1) is 11.7 Å². The normalized spacial score (nSPS) is 19.8. The molecular formula is C22H20FN3O2. The van der Waals surface area contributed by atoms with Crippen molar-refractivity contribution in [3.05, 3.63) is 65.8 Å². The van der Waals surface area contributed by atoms with Gasteiger partial charge in [-0.3, -0.25) is 9.48 Å². The van der Waals surface area contributed by atoms with Gasteiger partial charge in [-0.15, -0.1) is 0 Å². The van der Waals surface area contributed by atoms with Crippen LogP contribution in [0.25, 0.3) is 21.9 Å². The number of carbonyl (C=O) groups excluding carboxylic acids is 1. The highest BCUT2D eigenvalue weighted by molar-refractivity contribution is 5.85. The molecule has 4 aromatic rings. The smallest absolute Gasteiger partial charge is 0.224 e. The number of benzene rings is 2. The van der Waals surface area contributed by atoms with Crippen LogP contribution in [0.5, 0.6) is 0 Å². The zero-order valence-corrected chi connectivity index (χ0v) is 15.6. The molecule has 6 heteroatoms. The van der Waals surface area contributed by atoms with Crippen LogP contribution in [0.2, 0.25) is 0 Å². The second-order valence-electron chi connectivity index (χ2n) is 7.60. The first-order valence-electron chi connectivity index (χ1n) is 9.40. The van der Waals surface area contributed by atoms with Crippen molar-refractivity contribution >= 4 is 27.8 Å². The maximum atomic E-state index is 13.4. The number of amides is 1. The Bertz CT molecular complexity index is 1210. The Morgan fingerprint density at radius 2 is 2.11 bits per heavy atom. The van der Waals surface area contributed by atoms with E-state index < -0.39 is 0 Å². The van der Waals surface area contributed by atoms with Crippen LogP contribution in [0.4, 0.5) is 4.39 Å². The number of aryl methyl sites for hydroxylation is 1. The predicted molar refractivity (Wildman–Crippen MR) is 104 cm³/mol. The lowest BCUT2D eigenvalue weighted by atomic mass is 10.1. The van der Waals surface area contributed by atoms with Gasteiger partial charge in [-0.1, -0.05) is 12.1 Å². The summed E-state index contributed by atoms with van der Waals surface area (Å²) in [5.41, 5.74) is 2.86. The molecule has 1 unspecified atom stereocenters. The van der Waals surface area contributed by atoms with E-state index in [1.54, 1.807) is 12.1 Å². The van der Waals surface area contributed by atoms with E-state index in [9.17, 15) is 9.18 Å². The molecule has 0 radical (unpaired) electrons. The number of aromatic nitrogens is 2. The number of halogens is 1. The lowest BCUT2D eigenvalue weighted by Gasteiger charge is -2.11. The van der Waals surface area contributed by atoms with Crippen molar-refractivity contribution in [1.82, 2.24) is 15.1 Å². The SMILES string of the molecule is CC(NC(=O)[C@@H]1C[C@H]1c1ccc2cnn(C)c2c1)c1cc2cc(F)ccc2o1. The largest absolute Gasteiger partial charge is 0.459 e. The van der Waals surface area contributed by atoms with Crippen molar-refractivity contribution in [3.63, 3.8) is 0 Å². The van der Waals surface area contributed by atoms with Crippen LogP contribution < -0.4 is 5.32 Å². The molecule has 1 saturated carbocycles. The summed E-state index contributed by atoms with van der Waals surface area (Å²) >= 11 is 0. The Labute approximate surface area is 161 Å². The summed E-state index contributed by atoms with van der Waals surface area (Å²) in [6, 6.07) is 12.2. The maximum absolute atomic E-state index is 13.4. The number of hydrogen-bond donors (Lipinski definition) is 1. The van der Waals surface area contributed by atoms with Crippen LogP contribution in [-0.4, -0.2) is 15.7 Å². The molecule has 5 nitrogen and oxygen atoms in total. The lowest BCUT2D eigenvalue weighted by molar-refractivity contribution is -0.123. The number of carbonyl (C=O) groups is 1. The Morgan fingerprint density at radius 1 is 1.25 bits per heavy atom. The fourth-order valence-electron chi connectivity index (χ4n) is 3.88. The van der Waals surface area contributed by atoms with Crippen LogP contribution in [0.15, 0.2) is 53.1 Å². The summed E-state index contributed by atoms with van der Waals surface area (Å²) in [4.78, 5) is 12.7. The first-order valence-corrected chi connectivity index (χ1v) is 9.40. The fraction of sp³-hybridized carbons (Fsp3) is 0.273. The number of furan rings is 1. The highest BCUT2D eigenvalue weighted by Gasteiger charge is 2.44. The molecule has 5 rings (SSSR count). The van der Waals surface area contributed by atoms with Crippen LogP contribution in [0.1, 0.15) is 36.6 Å². The summed E-state index contributed by atoms with van der Waals surface area (Å²) in [5, 5.41) is 9.10. The number of nitrogens with zero attached hydrogens (tertiary/aromatic N) is 2. The van der Waals surface area contributed by atoms with Crippen molar-refractivity contribution in [3.8, 4) is 0 Å². The third-order valence-electron chi connectivity index (χ3n) is 5.61. The van der Waals surface area contributed by atoms with Crippen LogP contribution in [-0.2, 0) is 11.8 Å². The Kier molecular flexibility index (Phi) is 3.75. The molecule has 1 amide bonds. The van der Waals surface area contributed by atoms with Crippen LogP contribution >= 0.6 is 0 Å². The van der Waals surface area contributed by atoms with Crippen molar-refractivity contribution in [2.24, 2.45) is 13.0 Å². The predicted octanol–water partition coefficient (Wildman–Crippen LogP) is 4.44. The van der Waals surface area contributed by atoms with Gasteiger partial charge in [-0.05, 0) is 55.2 Å². The van der Waals surface area contributed by atoms with Gasteiger partial charge in [0.15, 0.2) is 0 Å². The van der Waals surface area contributed by atoms with Crippen LogP contribution in [0.3, 0.4) is 0 Å². The minimum atomic E-state index is -0.303. The van der Waals surface area contributed by atoms with Gasteiger partial charge in [0.2, 0.25) is 5.91 Å². The highest BCUT2D eigenvalue weighted by atomic mass is 19.1. The van der Waals surface area contributed by atoms with Gasteiger partial charge in [0.05, 0.1) is 17.8 Å². The minimum absolute atomic E-state index is 0.0224. The van der Waals surface area contributed by atoms with Crippen molar-refractivity contribution in [1.29, 1.82) is 0 Å². The zero-order valence-electron chi connectivity index (χ0n) is 15.6. The van der Waals surface area contributed by atoms with E-state index in [2.05, 4.69) is 28.6 Å². The molecule has 3 atom stereocenters. The number of rotatable bonds is 4. The average Bonchev–Trinajstić information content (AvgIpc) is 3.25. The summed E-state index contributed by atoms with van der Waals surface area (Å²) < 4.78 is 21.0. The van der Waals surface area contributed by atoms with E-state index in [1.165, 1.54) is 17.7 Å². The van der Waals surface area contributed by atoms with E-state index in [1.807, 2.05) is 24.9 Å². The molecule has 142 valence electrons. The van der Waals surface area contributed by atoms with Gasteiger partial charge in [-0.25, -0.2) is 4.39 Å². The van der Waals surface area contributed by atoms with Crippen molar-refractivity contribution in [2.75, 3.05) is 0 Å². The summed E-state index contributed by atoms with van der Waals surface area (Å²) in [6.07, 6.45) is 2.68. The van der Waals surface area contributed by atoms with Gasteiger partial charge >= 0.3 is 0 Å². The van der Waals surface area contributed by atoms with Crippen molar-refractivity contribution < 1.29 is 13.6 Å². The Morgan fingerprint density at radius 3 is 2.96 bits per heavy atom. The molecule has 2 aromatic carbocycles. The summed E-state index contributed by atoms with van der Waals surface area (Å²) in [6.45, 7) is 1.88. The van der Waals surface area contributed by atoms with Gasteiger partial charge in [-0.2, -0.15) is 5.10 Å². The molecule has 1 aliphatic carbocycles. The van der Waals surface area contributed by atoms with Gasteiger partial charge in [0.25, 0.3) is 0 Å². The molecule has 0 saturated heterocycles. The maximum Gasteiger partial charge on any atom is 0.224 e. The molecule has 28 heavy (non-hydrogen) atoms. The summed E-state index contributed by atoms with van der Waals surface area (Å²) in [7, 11) is 1.92. The average molecular weight is 377 g/mol. The summed E-state index contributed by atoms with van der Waals surface area (Å²) in [5.74, 6) is 0.547. The molecule has 1 aliphatic rings. The number of hydrogen-bond acceptors (Lipinski definition) is 3. The lowest BCUT2D eigenvalue weighted by Crippen LogP contribution is -2.28. The first kappa shape index (κ1) is 17.0. The van der Waals surface area contributed by atoms with Gasteiger partial charge in [0, 0.05) is 23.7 Å². The molecule has 2 aromatic heterocycles. The van der Waals surface area contributed by atoms with E-state index in [0.29, 0.717) is 16.7 Å². The van der Waals surface area contributed by atoms with E-state index >= 15 is 0 Å². The fourth-order valence-corrected chi connectivity index (χ4v) is 3.88. The van der Waals surface area contributed by atoms with E-state index in [0.717, 1.165) is 17.3 Å². The molecule has 0 aliphatic heterocycles. The first-order chi connectivity index (χ1) is 13.5. The third kappa shape index (κ3) is 2.85. The van der Waals surface area contributed by atoms with E-state index in [-0.39, 0.29) is 29.6 Å².